The van der Waals surface area contributed by atoms with Crippen molar-refractivity contribution < 1.29 is 35.9 Å². The number of primary sulfonamides is 1. The Morgan fingerprint density at radius 1 is 0.943 bits per heavy atom. The number of rotatable bonds is 5. The van der Waals surface area contributed by atoms with E-state index in [0.717, 1.165) is 23.8 Å². The second-order valence-corrected chi connectivity index (χ2v) is 9.99. The van der Waals surface area contributed by atoms with Crippen LogP contribution in [-0.4, -0.2) is 21.1 Å². The number of anilines is 1. The second-order valence-electron chi connectivity index (χ2n) is 8.43. The Balaban J connectivity index is 1.46. The highest BCUT2D eigenvalue weighted by molar-refractivity contribution is 7.89. The molecular weight excluding hydrogens is 485 g/mol. The van der Waals surface area contributed by atoms with Gasteiger partial charge in [0.2, 0.25) is 22.7 Å². The van der Waals surface area contributed by atoms with E-state index >= 15 is 0 Å². The number of nitrogens with two attached hydrogens (primary N) is 1. The Morgan fingerprint density at radius 3 is 2.26 bits per heavy atom. The molecule has 0 atom stereocenters. The predicted molar refractivity (Wildman–Crippen MR) is 120 cm³/mol. The van der Waals surface area contributed by atoms with Crippen LogP contribution in [0.3, 0.4) is 0 Å². The third kappa shape index (κ3) is 4.32. The van der Waals surface area contributed by atoms with Crippen LogP contribution in [0.1, 0.15) is 24.0 Å². The van der Waals surface area contributed by atoms with Gasteiger partial charge >= 0.3 is 6.18 Å². The van der Waals surface area contributed by atoms with E-state index in [1.807, 2.05) is 0 Å². The quantitative estimate of drug-likeness (QED) is 0.535. The minimum absolute atomic E-state index is 0.102. The first-order chi connectivity index (χ1) is 16.5. The van der Waals surface area contributed by atoms with Crippen molar-refractivity contribution in [3.8, 4) is 22.6 Å². The molecular formula is C24H19F3N2O5S. The summed E-state index contributed by atoms with van der Waals surface area (Å²) in [4.78, 5) is 13.0. The summed E-state index contributed by atoms with van der Waals surface area (Å²) in [5.74, 6) is 0.791. The molecule has 5 rings (SSSR count). The molecule has 0 aromatic heterocycles. The van der Waals surface area contributed by atoms with E-state index in [0.29, 0.717) is 24.3 Å². The van der Waals surface area contributed by atoms with Gasteiger partial charge in [-0.05, 0) is 72.0 Å². The largest absolute Gasteiger partial charge is 0.454 e. The van der Waals surface area contributed by atoms with Gasteiger partial charge in [0.1, 0.15) is 0 Å². The third-order valence-corrected chi connectivity index (χ3v) is 7.12. The summed E-state index contributed by atoms with van der Waals surface area (Å²) in [6.07, 6.45) is -3.50. The molecule has 11 heteroatoms. The number of hydrogen-bond acceptors (Lipinski definition) is 5. The van der Waals surface area contributed by atoms with Crippen molar-refractivity contribution in [2.75, 3.05) is 12.1 Å². The summed E-state index contributed by atoms with van der Waals surface area (Å²) < 4.78 is 74.8. The van der Waals surface area contributed by atoms with Gasteiger partial charge in [-0.15, -0.1) is 0 Å². The zero-order chi connectivity index (χ0) is 25.0. The Hall–Kier alpha value is -3.57. The van der Waals surface area contributed by atoms with Crippen LogP contribution in [-0.2, 0) is 26.4 Å². The van der Waals surface area contributed by atoms with Crippen molar-refractivity contribution in [2.45, 2.75) is 29.3 Å². The minimum atomic E-state index is -4.67. The molecule has 1 aliphatic heterocycles. The molecule has 0 radical (unpaired) electrons. The Bertz CT molecular complexity index is 1430. The number of amides is 1. The highest BCUT2D eigenvalue weighted by Crippen LogP contribution is 2.51. The van der Waals surface area contributed by atoms with Gasteiger partial charge in [0, 0.05) is 5.69 Å². The second kappa shape index (κ2) is 7.99. The van der Waals surface area contributed by atoms with Crippen LogP contribution in [0.15, 0.2) is 65.6 Å². The number of fused-ring (bicyclic) bond motifs is 1. The number of carbonyl (C=O) groups is 1. The average molecular weight is 504 g/mol. The number of nitrogens with one attached hydrogen (secondary N) is 1. The molecule has 1 amide bonds. The van der Waals surface area contributed by atoms with Gasteiger partial charge in [0.05, 0.1) is 15.9 Å². The first-order valence-electron chi connectivity index (χ1n) is 10.5. The first kappa shape index (κ1) is 23.2. The zero-order valence-corrected chi connectivity index (χ0v) is 18.9. The van der Waals surface area contributed by atoms with Gasteiger partial charge < -0.3 is 14.8 Å². The molecule has 7 nitrogen and oxygen atoms in total. The number of halogens is 3. The molecule has 0 spiro atoms. The van der Waals surface area contributed by atoms with E-state index in [1.165, 1.54) is 24.3 Å². The molecule has 3 aromatic carbocycles. The number of alkyl halides is 3. The van der Waals surface area contributed by atoms with Crippen molar-refractivity contribution in [1.29, 1.82) is 0 Å². The van der Waals surface area contributed by atoms with Crippen LogP contribution in [0.25, 0.3) is 11.1 Å². The number of hydrogen-bond donors (Lipinski definition) is 2. The zero-order valence-electron chi connectivity index (χ0n) is 18.1. The number of carbonyl (C=O) groups excluding carboxylic acids is 1. The normalized spacial score (nSPS) is 16.1. The van der Waals surface area contributed by atoms with Crippen molar-refractivity contribution in [2.24, 2.45) is 5.14 Å². The van der Waals surface area contributed by atoms with E-state index < -0.39 is 27.2 Å². The summed E-state index contributed by atoms with van der Waals surface area (Å²) in [5.41, 5.74) is -0.885. The van der Waals surface area contributed by atoms with Crippen molar-refractivity contribution >= 4 is 21.6 Å². The van der Waals surface area contributed by atoms with Crippen LogP contribution in [0.4, 0.5) is 18.9 Å². The van der Waals surface area contributed by atoms with Crippen LogP contribution in [0.5, 0.6) is 11.5 Å². The molecule has 35 heavy (non-hydrogen) atoms. The van der Waals surface area contributed by atoms with E-state index in [9.17, 15) is 26.4 Å². The van der Waals surface area contributed by atoms with Crippen LogP contribution >= 0.6 is 0 Å². The molecule has 2 aliphatic rings. The molecule has 3 N–H and O–H groups in total. The summed E-state index contributed by atoms with van der Waals surface area (Å²) in [6, 6.07) is 13.3. The van der Waals surface area contributed by atoms with Crippen LogP contribution in [0, 0.1) is 0 Å². The fraction of sp³-hybridized carbons (Fsp3) is 0.208. The van der Waals surface area contributed by atoms with Crippen LogP contribution < -0.4 is 19.9 Å². The third-order valence-electron chi connectivity index (χ3n) is 6.19. The molecule has 0 unspecified atom stereocenters. The number of benzene rings is 3. The molecule has 1 fully saturated rings. The molecule has 3 aromatic rings. The van der Waals surface area contributed by atoms with Crippen molar-refractivity contribution in [3.05, 3.63) is 71.8 Å². The van der Waals surface area contributed by atoms with Crippen LogP contribution in [0.2, 0.25) is 0 Å². The van der Waals surface area contributed by atoms with Gasteiger partial charge in [-0.3, -0.25) is 4.79 Å². The maximum absolute atomic E-state index is 13.7. The summed E-state index contributed by atoms with van der Waals surface area (Å²) in [7, 11) is -4.00. The highest BCUT2D eigenvalue weighted by Gasteiger charge is 2.51. The summed E-state index contributed by atoms with van der Waals surface area (Å²) in [6.45, 7) is 0.102. The number of sulfonamides is 1. The predicted octanol–water partition coefficient (Wildman–Crippen LogP) is 4.42. The molecule has 1 heterocycles. The molecule has 1 saturated carbocycles. The lowest BCUT2D eigenvalue weighted by atomic mass is 9.94. The highest BCUT2D eigenvalue weighted by atomic mass is 32.2. The minimum Gasteiger partial charge on any atom is -0.454 e. The van der Waals surface area contributed by atoms with Gasteiger partial charge in [0.15, 0.2) is 11.5 Å². The lowest BCUT2D eigenvalue weighted by Crippen LogP contribution is -2.27. The first-order valence-corrected chi connectivity index (χ1v) is 12.1. The maximum atomic E-state index is 13.7. The Kier molecular flexibility index (Phi) is 5.29. The van der Waals surface area contributed by atoms with E-state index in [2.05, 4.69) is 5.32 Å². The SMILES string of the molecule is NS(=O)(=O)c1ccc(-c2cc(NC(=O)C3(c4ccc5c(c4)OCO5)CC3)ccc2C(F)(F)F)cc1. The van der Waals surface area contributed by atoms with Crippen molar-refractivity contribution in [3.63, 3.8) is 0 Å². The molecule has 182 valence electrons. The fourth-order valence-electron chi connectivity index (χ4n) is 4.15. The fourth-order valence-corrected chi connectivity index (χ4v) is 4.66. The Labute approximate surface area is 198 Å². The molecule has 0 bridgehead atoms. The van der Waals surface area contributed by atoms with E-state index in [1.54, 1.807) is 18.2 Å². The summed E-state index contributed by atoms with van der Waals surface area (Å²) in [5, 5.41) is 7.82. The summed E-state index contributed by atoms with van der Waals surface area (Å²) >= 11 is 0. The average Bonchev–Trinajstić information content (AvgIpc) is 3.49. The molecule has 1 aliphatic carbocycles. The van der Waals surface area contributed by atoms with Gasteiger partial charge in [-0.2, -0.15) is 13.2 Å². The molecule has 0 saturated heterocycles. The lowest BCUT2D eigenvalue weighted by molar-refractivity contribution is -0.137. The topological polar surface area (TPSA) is 108 Å². The van der Waals surface area contributed by atoms with Gasteiger partial charge in [-0.1, -0.05) is 18.2 Å². The monoisotopic (exact) mass is 504 g/mol. The lowest BCUT2D eigenvalue weighted by Gasteiger charge is -2.19. The number of ether oxygens (including phenoxy) is 2. The van der Waals surface area contributed by atoms with Crippen molar-refractivity contribution in [1.82, 2.24) is 0 Å². The smallest absolute Gasteiger partial charge is 0.417 e. The van der Waals surface area contributed by atoms with Gasteiger partial charge in [0.25, 0.3) is 0 Å². The van der Waals surface area contributed by atoms with Gasteiger partial charge in [-0.25, -0.2) is 13.6 Å². The standard InChI is InChI=1S/C24H19F3N2O5S/c25-24(26,27)19-7-4-16(12-18(19)14-1-5-17(6-2-14)35(28,31)32)29-22(30)23(9-10-23)15-3-8-20-21(11-15)34-13-33-20/h1-8,11-12H,9-10,13H2,(H,29,30)(H2,28,31,32). The van der Waals surface area contributed by atoms with E-state index in [-0.39, 0.29) is 34.4 Å². The van der Waals surface area contributed by atoms with E-state index in [4.69, 9.17) is 14.6 Å². The Morgan fingerprint density at radius 2 is 1.63 bits per heavy atom. The maximum Gasteiger partial charge on any atom is 0.417 e.